The maximum atomic E-state index is 11.2. The molecule has 1 amide bonds. The van der Waals surface area contributed by atoms with E-state index in [1.807, 2.05) is 12.1 Å². The van der Waals surface area contributed by atoms with Gasteiger partial charge in [-0.25, -0.2) is 4.98 Å². The second-order valence-electron chi connectivity index (χ2n) is 6.40. The number of likely N-dealkylation sites (tertiary alicyclic amines) is 1. The zero-order chi connectivity index (χ0) is 16.2. The molecule has 0 atom stereocenters. The Morgan fingerprint density at radius 1 is 1.30 bits per heavy atom. The zero-order valence-electron chi connectivity index (χ0n) is 14.1. The summed E-state index contributed by atoms with van der Waals surface area (Å²) in [5, 5.41) is 2.84. The lowest BCUT2D eigenvalue weighted by atomic mass is 10.2. The van der Waals surface area contributed by atoms with E-state index >= 15 is 0 Å². The number of anilines is 1. The van der Waals surface area contributed by atoms with Crippen LogP contribution in [0.3, 0.4) is 0 Å². The van der Waals surface area contributed by atoms with E-state index in [9.17, 15) is 4.79 Å². The fraction of sp³-hybridized carbons (Fsp3) is 0.556. The Hall–Kier alpha value is -1.88. The Labute approximate surface area is 137 Å². The number of unbranched alkanes of at least 4 members (excludes halogenated alkanes) is 1. The first kappa shape index (κ1) is 16.0. The van der Waals surface area contributed by atoms with Crippen LogP contribution in [0.1, 0.15) is 45.4 Å². The summed E-state index contributed by atoms with van der Waals surface area (Å²) >= 11 is 0. The van der Waals surface area contributed by atoms with E-state index in [4.69, 9.17) is 4.98 Å². The minimum Gasteiger partial charge on any atom is -0.327 e. The molecule has 0 spiro atoms. The standard InChI is InChI=1S/C18H26N4O/c1-3-4-11-22-17-8-7-15(19-14(2)23)12-16(17)20-18(22)13-21-9-5-6-10-21/h7-8,12H,3-6,9-11,13H2,1-2H3,(H,19,23). The molecule has 1 aliphatic rings. The van der Waals surface area contributed by atoms with Gasteiger partial charge in [-0.05, 0) is 50.6 Å². The molecule has 124 valence electrons. The molecule has 0 radical (unpaired) electrons. The summed E-state index contributed by atoms with van der Waals surface area (Å²) < 4.78 is 2.36. The summed E-state index contributed by atoms with van der Waals surface area (Å²) in [4.78, 5) is 18.6. The van der Waals surface area contributed by atoms with Crippen molar-refractivity contribution in [3.63, 3.8) is 0 Å². The molecule has 0 saturated carbocycles. The molecule has 23 heavy (non-hydrogen) atoms. The number of nitrogens with zero attached hydrogens (tertiary/aromatic N) is 3. The highest BCUT2D eigenvalue weighted by Crippen LogP contribution is 2.23. The van der Waals surface area contributed by atoms with E-state index in [1.165, 1.54) is 44.8 Å². The Bertz CT molecular complexity index is 686. The second kappa shape index (κ2) is 7.13. The highest BCUT2D eigenvalue weighted by atomic mass is 16.1. The smallest absolute Gasteiger partial charge is 0.221 e. The Morgan fingerprint density at radius 2 is 2.09 bits per heavy atom. The Morgan fingerprint density at radius 3 is 2.78 bits per heavy atom. The quantitative estimate of drug-likeness (QED) is 0.889. The fourth-order valence-electron chi connectivity index (χ4n) is 3.29. The normalized spacial score (nSPS) is 15.4. The van der Waals surface area contributed by atoms with Gasteiger partial charge in [0.05, 0.1) is 17.6 Å². The van der Waals surface area contributed by atoms with E-state index in [1.54, 1.807) is 0 Å². The Balaban J connectivity index is 1.93. The number of carbonyl (C=O) groups is 1. The third-order valence-electron chi connectivity index (χ3n) is 4.45. The van der Waals surface area contributed by atoms with Crippen molar-refractivity contribution in [3.8, 4) is 0 Å². The molecule has 1 fully saturated rings. The van der Waals surface area contributed by atoms with Crippen LogP contribution in [-0.2, 0) is 17.9 Å². The number of amides is 1. The molecule has 0 bridgehead atoms. The first-order chi connectivity index (χ1) is 11.2. The number of hydrogen-bond acceptors (Lipinski definition) is 3. The summed E-state index contributed by atoms with van der Waals surface area (Å²) in [6.45, 7) is 8.03. The van der Waals surface area contributed by atoms with Gasteiger partial charge < -0.3 is 9.88 Å². The van der Waals surface area contributed by atoms with E-state index in [2.05, 4.69) is 27.8 Å². The number of aryl methyl sites for hydroxylation is 1. The SMILES string of the molecule is CCCCn1c(CN2CCCC2)nc2cc(NC(C)=O)ccc21. The molecular formula is C18H26N4O. The number of nitrogens with one attached hydrogen (secondary N) is 1. The number of carbonyl (C=O) groups excluding carboxylic acids is 1. The zero-order valence-corrected chi connectivity index (χ0v) is 14.1. The van der Waals surface area contributed by atoms with E-state index in [-0.39, 0.29) is 5.91 Å². The predicted molar refractivity (Wildman–Crippen MR) is 93.5 cm³/mol. The number of aromatic nitrogens is 2. The van der Waals surface area contributed by atoms with Crippen LogP contribution in [0.4, 0.5) is 5.69 Å². The van der Waals surface area contributed by atoms with Gasteiger partial charge in [0.1, 0.15) is 5.82 Å². The highest BCUT2D eigenvalue weighted by Gasteiger charge is 2.17. The van der Waals surface area contributed by atoms with E-state index in [0.29, 0.717) is 0 Å². The van der Waals surface area contributed by atoms with Gasteiger partial charge in [-0.15, -0.1) is 0 Å². The third-order valence-corrected chi connectivity index (χ3v) is 4.45. The molecule has 2 heterocycles. The molecule has 1 aromatic heterocycles. The van der Waals surface area contributed by atoms with Crippen molar-refractivity contribution in [2.24, 2.45) is 0 Å². The van der Waals surface area contributed by atoms with Crippen LogP contribution in [0.2, 0.25) is 0 Å². The number of benzene rings is 1. The number of fused-ring (bicyclic) bond motifs is 1. The van der Waals surface area contributed by atoms with Crippen molar-refractivity contribution >= 4 is 22.6 Å². The number of rotatable bonds is 6. The van der Waals surface area contributed by atoms with Gasteiger partial charge in [-0.2, -0.15) is 0 Å². The van der Waals surface area contributed by atoms with Crippen LogP contribution in [0, 0.1) is 0 Å². The monoisotopic (exact) mass is 314 g/mol. The van der Waals surface area contributed by atoms with Crippen LogP contribution >= 0.6 is 0 Å². The maximum absolute atomic E-state index is 11.2. The summed E-state index contributed by atoms with van der Waals surface area (Å²) in [6, 6.07) is 6.02. The molecule has 5 nitrogen and oxygen atoms in total. The molecular weight excluding hydrogens is 288 g/mol. The van der Waals surface area contributed by atoms with Crippen molar-refractivity contribution in [1.29, 1.82) is 0 Å². The molecule has 1 aliphatic heterocycles. The van der Waals surface area contributed by atoms with Crippen LogP contribution in [0.25, 0.3) is 11.0 Å². The summed E-state index contributed by atoms with van der Waals surface area (Å²) in [7, 11) is 0. The topological polar surface area (TPSA) is 50.2 Å². The van der Waals surface area contributed by atoms with Gasteiger partial charge in [-0.3, -0.25) is 9.69 Å². The summed E-state index contributed by atoms with van der Waals surface area (Å²) in [5.74, 6) is 1.10. The van der Waals surface area contributed by atoms with Crippen molar-refractivity contribution in [2.75, 3.05) is 18.4 Å². The van der Waals surface area contributed by atoms with Gasteiger partial charge in [0.25, 0.3) is 0 Å². The molecule has 1 N–H and O–H groups in total. The molecule has 0 aliphatic carbocycles. The van der Waals surface area contributed by atoms with E-state index < -0.39 is 0 Å². The number of hydrogen-bond donors (Lipinski definition) is 1. The van der Waals surface area contributed by atoms with Gasteiger partial charge in [-0.1, -0.05) is 13.3 Å². The molecule has 1 saturated heterocycles. The van der Waals surface area contributed by atoms with Gasteiger partial charge in [0, 0.05) is 19.2 Å². The third kappa shape index (κ3) is 3.72. The molecule has 3 rings (SSSR count). The van der Waals surface area contributed by atoms with Gasteiger partial charge in [0.15, 0.2) is 0 Å². The molecule has 5 heteroatoms. The first-order valence-electron chi connectivity index (χ1n) is 8.66. The first-order valence-corrected chi connectivity index (χ1v) is 8.66. The van der Waals surface area contributed by atoms with Crippen LogP contribution < -0.4 is 5.32 Å². The maximum Gasteiger partial charge on any atom is 0.221 e. The van der Waals surface area contributed by atoms with Gasteiger partial charge in [0.2, 0.25) is 5.91 Å². The molecule has 2 aromatic rings. The van der Waals surface area contributed by atoms with Crippen molar-refractivity contribution < 1.29 is 4.79 Å². The average Bonchev–Trinajstić information content (AvgIpc) is 3.12. The lowest BCUT2D eigenvalue weighted by Gasteiger charge is -2.15. The van der Waals surface area contributed by atoms with Crippen molar-refractivity contribution in [1.82, 2.24) is 14.5 Å². The lowest BCUT2D eigenvalue weighted by Crippen LogP contribution is -2.21. The fourth-order valence-corrected chi connectivity index (χ4v) is 3.29. The largest absolute Gasteiger partial charge is 0.327 e. The van der Waals surface area contributed by atoms with Crippen LogP contribution in [0.15, 0.2) is 18.2 Å². The number of imidazole rings is 1. The van der Waals surface area contributed by atoms with Crippen molar-refractivity contribution in [2.45, 2.75) is 52.6 Å². The van der Waals surface area contributed by atoms with Crippen LogP contribution in [-0.4, -0.2) is 33.4 Å². The van der Waals surface area contributed by atoms with Gasteiger partial charge >= 0.3 is 0 Å². The van der Waals surface area contributed by atoms with Crippen LogP contribution in [0.5, 0.6) is 0 Å². The minimum absolute atomic E-state index is 0.0490. The molecule has 0 unspecified atom stereocenters. The van der Waals surface area contributed by atoms with E-state index in [0.717, 1.165) is 36.5 Å². The van der Waals surface area contributed by atoms with Crippen molar-refractivity contribution in [3.05, 3.63) is 24.0 Å². The Kier molecular flexibility index (Phi) is 4.96. The second-order valence-corrected chi connectivity index (χ2v) is 6.40. The lowest BCUT2D eigenvalue weighted by molar-refractivity contribution is -0.114. The summed E-state index contributed by atoms with van der Waals surface area (Å²) in [6.07, 6.45) is 4.92. The molecule has 1 aromatic carbocycles. The predicted octanol–water partition coefficient (Wildman–Crippen LogP) is 3.39. The highest BCUT2D eigenvalue weighted by molar-refractivity contribution is 5.91. The average molecular weight is 314 g/mol. The minimum atomic E-state index is -0.0490. The summed E-state index contributed by atoms with van der Waals surface area (Å²) in [5.41, 5.74) is 2.96.